The summed E-state index contributed by atoms with van der Waals surface area (Å²) < 4.78 is 0. The lowest BCUT2D eigenvalue weighted by molar-refractivity contribution is -0.133. The van der Waals surface area contributed by atoms with Crippen molar-refractivity contribution in [2.75, 3.05) is 13.1 Å². The number of rotatable bonds is 9. The minimum absolute atomic E-state index is 0.167. The fraction of sp³-hybridized carbons (Fsp3) is 0.381. The summed E-state index contributed by atoms with van der Waals surface area (Å²) in [6.07, 6.45) is 1.29. The van der Waals surface area contributed by atoms with Crippen molar-refractivity contribution in [3.05, 3.63) is 69.7 Å². The van der Waals surface area contributed by atoms with E-state index in [4.69, 9.17) is 23.2 Å². The molecule has 0 atom stereocenters. The van der Waals surface area contributed by atoms with E-state index >= 15 is 0 Å². The average Bonchev–Trinajstić information content (AvgIpc) is 2.61. The molecule has 0 saturated carbocycles. The fourth-order valence-electron chi connectivity index (χ4n) is 2.75. The normalized spacial score (nSPS) is 11.0. The lowest BCUT2D eigenvalue weighted by atomic mass is 10.1. The first-order valence-corrected chi connectivity index (χ1v) is 9.71. The van der Waals surface area contributed by atoms with Gasteiger partial charge in [-0.15, -0.1) is 0 Å². The van der Waals surface area contributed by atoms with E-state index in [2.05, 4.69) is 31.3 Å². The standard InChI is InChI=1S/C21H26Cl2N2O/c1-16(2)25(15-17-6-4-3-5-7-17)21(26)11-13-24-12-10-18-8-9-19(22)14-20(18)23/h3-9,14,16,24H,10-13,15H2,1-2H3. The lowest BCUT2D eigenvalue weighted by Crippen LogP contribution is -2.38. The minimum atomic E-state index is 0.167. The van der Waals surface area contributed by atoms with Gasteiger partial charge in [0.05, 0.1) is 0 Å². The topological polar surface area (TPSA) is 32.3 Å². The maximum absolute atomic E-state index is 12.6. The first-order valence-electron chi connectivity index (χ1n) is 8.95. The minimum Gasteiger partial charge on any atom is -0.336 e. The summed E-state index contributed by atoms with van der Waals surface area (Å²) in [5.41, 5.74) is 2.21. The van der Waals surface area contributed by atoms with Crippen molar-refractivity contribution in [2.45, 2.75) is 39.3 Å². The van der Waals surface area contributed by atoms with Gasteiger partial charge in [0, 0.05) is 35.6 Å². The van der Waals surface area contributed by atoms with Crippen LogP contribution in [0.5, 0.6) is 0 Å². The number of amides is 1. The Hall–Kier alpha value is -1.55. The van der Waals surface area contributed by atoms with Crippen LogP contribution >= 0.6 is 23.2 Å². The Morgan fingerprint density at radius 1 is 1.08 bits per heavy atom. The lowest BCUT2D eigenvalue weighted by Gasteiger charge is -2.27. The summed E-state index contributed by atoms with van der Waals surface area (Å²) in [7, 11) is 0. The molecule has 1 N–H and O–H groups in total. The zero-order chi connectivity index (χ0) is 18.9. The zero-order valence-corrected chi connectivity index (χ0v) is 16.9. The van der Waals surface area contributed by atoms with Crippen LogP contribution in [0.1, 0.15) is 31.4 Å². The first kappa shape index (κ1) is 20.8. The van der Waals surface area contributed by atoms with E-state index in [0.29, 0.717) is 29.6 Å². The molecule has 1 amide bonds. The van der Waals surface area contributed by atoms with Gasteiger partial charge in [-0.1, -0.05) is 59.6 Å². The summed E-state index contributed by atoms with van der Waals surface area (Å²) in [6, 6.07) is 15.8. The molecule has 0 aliphatic carbocycles. The van der Waals surface area contributed by atoms with Gasteiger partial charge >= 0.3 is 0 Å². The Labute approximate surface area is 166 Å². The molecule has 0 radical (unpaired) electrons. The van der Waals surface area contributed by atoms with E-state index in [0.717, 1.165) is 24.1 Å². The monoisotopic (exact) mass is 392 g/mol. The Bertz CT molecular complexity index is 704. The van der Waals surface area contributed by atoms with Crippen LogP contribution in [0.25, 0.3) is 0 Å². The van der Waals surface area contributed by atoms with Gasteiger partial charge in [-0.25, -0.2) is 0 Å². The Balaban J connectivity index is 1.75. The van der Waals surface area contributed by atoms with Gasteiger partial charge < -0.3 is 10.2 Å². The van der Waals surface area contributed by atoms with Crippen molar-refractivity contribution < 1.29 is 4.79 Å². The highest BCUT2D eigenvalue weighted by atomic mass is 35.5. The number of halogens is 2. The molecule has 5 heteroatoms. The molecule has 0 bridgehead atoms. The van der Waals surface area contributed by atoms with Crippen molar-refractivity contribution in [2.24, 2.45) is 0 Å². The molecule has 0 spiro atoms. The van der Waals surface area contributed by atoms with Crippen LogP contribution < -0.4 is 5.32 Å². The number of nitrogens with one attached hydrogen (secondary N) is 1. The van der Waals surface area contributed by atoms with Crippen LogP contribution in [-0.2, 0) is 17.8 Å². The van der Waals surface area contributed by atoms with Crippen molar-refractivity contribution in [3.63, 3.8) is 0 Å². The van der Waals surface area contributed by atoms with Crippen molar-refractivity contribution in [1.29, 1.82) is 0 Å². The molecule has 0 unspecified atom stereocenters. The molecule has 0 aromatic heterocycles. The van der Waals surface area contributed by atoms with Gasteiger partial charge in [0.1, 0.15) is 0 Å². The second-order valence-corrected chi connectivity index (χ2v) is 7.43. The molecular weight excluding hydrogens is 367 g/mol. The Kier molecular flexibility index (Phi) is 8.43. The molecule has 0 aliphatic heterocycles. The third-order valence-electron chi connectivity index (χ3n) is 4.24. The van der Waals surface area contributed by atoms with E-state index in [9.17, 15) is 4.79 Å². The first-order chi connectivity index (χ1) is 12.5. The van der Waals surface area contributed by atoms with Gasteiger partial charge in [-0.2, -0.15) is 0 Å². The Morgan fingerprint density at radius 2 is 1.81 bits per heavy atom. The highest BCUT2D eigenvalue weighted by molar-refractivity contribution is 6.35. The molecule has 3 nitrogen and oxygen atoms in total. The van der Waals surface area contributed by atoms with Gasteiger partial charge in [0.15, 0.2) is 0 Å². The maximum Gasteiger partial charge on any atom is 0.224 e. The summed E-state index contributed by atoms with van der Waals surface area (Å²) >= 11 is 12.1. The molecule has 0 heterocycles. The molecule has 2 aromatic carbocycles. The predicted molar refractivity (Wildman–Crippen MR) is 110 cm³/mol. The molecule has 140 valence electrons. The average molecular weight is 393 g/mol. The van der Waals surface area contributed by atoms with Crippen molar-refractivity contribution in [1.82, 2.24) is 10.2 Å². The smallest absolute Gasteiger partial charge is 0.224 e. The quantitative estimate of drug-likeness (QED) is 0.612. The van der Waals surface area contributed by atoms with Crippen LogP contribution in [0.3, 0.4) is 0 Å². The molecule has 26 heavy (non-hydrogen) atoms. The van der Waals surface area contributed by atoms with E-state index in [1.807, 2.05) is 35.2 Å². The van der Waals surface area contributed by atoms with Crippen LogP contribution in [0.2, 0.25) is 10.0 Å². The molecule has 2 aromatic rings. The van der Waals surface area contributed by atoms with E-state index in [1.54, 1.807) is 6.07 Å². The molecule has 0 fully saturated rings. The SMILES string of the molecule is CC(C)N(Cc1ccccc1)C(=O)CCNCCc1ccc(Cl)cc1Cl. The Morgan fingerprint density at radius 3 is 2.46 bits per heavy atom. The second-order valence-electron chi connectivity index (χ2n) is 6.59. The van der Waals surface area contributed by atoms with Crippen molar-refractivity contribution in [3.8, 4) is 0 Å². The van der Waals surface area contributed by atoms with Crippen LogP contribution in [0.15, 0.2) is 48.5 Å². The highest BCUT2D eigenvalue weighted by Crippen LogP contribution is 2.21. The molecule has 0 aliphatic rings. The van der Waals surface area contributed by atoms with E-state index in [-0.39, 0.29) is 11.9 Å². The van der Waals surface area contributed by atoms with Crippen LogP contribution in [0.4, 0.5) is 0 Å². The second kappa shape index (κ2) is 10.6. The van der Waals surface area contributed by atoms with E-state index in [1.165, 1.54) is 0 Å². The number of benzene rings is 2. The summed E-state index contributed by atoms with van der Waals surface area (Å²) in [6.45, 7) is 6.18. The third-order valence-corrected chi connectivity index (χ3v) is 4.83. The number of nitrogens with zero attached hydrogens (tertiary/aromatic N) is 1. The van der Waals surface area contributed by atoms with Gasteiger partial charge in [-0.3, -0.25) is 4.79 Å². The van der Waals surface area contributed by atoms with Gasteiger partial charge in [0.2, 0.25) is 5.91 Å². The highest BCUT2D eigenvalue weighted by Gasteiger charge is 2.16. The fourth-order valence-corrected chi connectivity index (χ4v) is 3.25. The zero-order valence-electron chi connectivity index (χ0n) is 15.3. The third kappa shape index (κ3) is 6.64. The number of hydrogen-bond acceptors (Lipinski definition) is 2. The van der Waals surface area contributed by atoms with Crippen molar-refractivity contribution >= 4 is 29.1 Å². The van der Waals surface area contributed by atoms with Crippen LogP contribution in [0, 0.1) is 0 Å². The maximum atomic E-state index is 12.6. The molecule has 0 saturated heterocycles. The van der Waals surface area contributed by atoms with Gasteiger partial charge in [-0.05, 0) is 50.1 Å². The molecular formula is C21H26Cl2N2O. The number of hydrogen-bond donors (Lipinski definition) is 1. The predicted octanol–water partition coefficient (Wildman–Crippen LogP) is 4.95. The summed E-state index contributed by atoms with van der Waals surface area (Å²) in [4.78, 5) is 14.5. The number of carbonyl (C=O) groups excluding carboxylic acids is 1. The summed E-state index contributed by atoms with van der Waals surface area (Å²) in [5.74, 6) is 0.167. The molecule has 2 rings (SSSR count). The number of carbonyl (C=O) groups is 1. The largest absolute Gasteiger partial charge is 0.336 e. The van der Waals surface area contributed by atoms with Gasteiger partial charge in [0.25, 0.3) is 0 Å². The summed E-state index contributed by atoms with van der Waals surface area (Å²) in [5, 5.41) is 4.65. The van der Waals surface area contributed by atoms with E-state index < -0.39 is 0 Å². The van der Waals surface area contributed by atoms with Crippen LogP contribution in [-0.4, -0.2) is 29.9 Å².